The van der Waals surface area contributed by atoms with Crippen LogP contribution in [0.15, 0.2) is 6.20 Å². The lowest BCUT2D eigenvalue weighted by molar-refractivity contribution is -0.120. The normalized spacial score (nSPS) is 10.4. The highest BCUT2D eigenvalue weighted by Crippen LogP contribution is 2.06. The van der Waals surface area contributed by atoms with Crippen molar-refractivity contribution in [3.8, 4) is 0 Å². The van der Waals surface area contributed by atoms with Crippen molar-refractivity contribution in [2.75, 3.05) is 18.8 Å². The lowest BCUT2D eigenvalue weighted by Gasteiger charge is -2.08. The Morgan fingerprint density at radius 1 is 1.44 bits per heavy atom. The first-order valence-electron chi connectivity index (χ1n) is 5.74. The van der Waals surface area contributed by atoms with Crippen LogP contribution in [-0.4, -0.2) is 34.7 Å². The zero-order valence-corrected chi connectivity index (χ0v) is 10.9. The molecule has 0 radical (unpaired) electrons. The van der Waals surface area contributed by atoms with Crippen LogP contribution in [-0.2, 0) is 11.8 Å². The number of anilines is 1. The second kappa shape index (κ2) is 6.04. The van der Waals surface area contributed by atoms with Gasteiger partial charge < -0.3 is 16.4 Å². The molecule has 0 aliphatic carbocycles. The number of nitrogens with two attached hydrogens (primary N) is 1. The number of aryl methyl sites for hydroxylation is 1. The first-order chi connectivity index (χ1) is 8.40. The third-order valence-electron chi connectivity index (χ3n) is 2.19. The zero-order chi connectivity index (χ0) is 13.7. The van der Waals surface area contributed by atoms with E-state index in [0.717, 1.165) is 0 Å². The minimum Gasteiger partial charge on any atom is -0.396 e. The van der Waals surface area contributed by atoms with Crippen LogP contribution >= 0.6 is 0 Å². The van der Waals surface area contributed by atoms with E-state index in [9.17, 15) is 9.59 Å². The molecule has 0 unspecified atom stereocenters. The van der Waals surface area contributed by atoms with Crippen molar-refractivity contribution in [2.45, 2.75) is 13.8 Å². The summed E-state index contributed by atoms with van der Waals surface area (Å²) in [5, 5.41) is 9.08. The molecule has 1 aromatic rings. The SMILES string of the molecule is CC(C)CNC(=O)CNC(=O)c1nn(C)cc1N. The van der Waals surface area contributed by atoms with Gasteiger partial charge in [0.25, 0.3) is 5.91 Å². The predicted octanol–water partition coefficient (Wildman–Crippen LogP) is -0.496. The number of hydrogen-bond donors (Lipinski definition) is 3. The Hall–Kier alpha value is -2.05. The molecular formula is C11H19N5O2. The number of nitrogen functional groups attached to an aromatic ring is 1. The molecule has 100 valence electrons. The Labute approximate surface area is 106 Å². The van der Waals surface area contributed by atoms with Crippen molar-refractivity contribution in [2.24, 2.45) is 13.0 Å². The van der Waals surface area contributed by atoms with E-state index in [1.54, 1.807) is 7.05 Å². The molecule has 1 aromatic heterocycles. The molecule has 0 fully saturated rings. The van der Waals surface area contributed by atoms with Gasteiger partial charge in [0.15, 0.2) is 5.69 Å². The molecule has 7 heteroatoms. The molecule has 2 amide bonds. The molecule has 0 aliphatic rings. The Kier molecular flexibility index (Phi) is 4.70. The van der Waals surface area contributed by atoms with Gasteiger partial charge in [0, 0.05) is 19.8 Å². The topological polar surface area (TPSA) is 102 Å². The molecule has 1 heterocycles. The summed E-state index contributed by atoms with van der Waals surface area (Å²) >= 11 is 0. The second-order valence-electron chi connectivity index (χ2n) is 4.49. The van der Waals surface area contributed by atoms with Crippen LogP contribution in [0.5, 0.6) is 0 Å². The smallest absolute Gasteiger partial charge is 0.274 e. The highest BCUT2D eigenvalue weighted by molar-refractivity contribution is 5.98. The molecule has 1 rings (SSSR count). The summed E-state index contributed by atoms with van der Waals surface area (Å²) < 4.78 is 1.45. The van der Waals surface area contributed by atoms with Gasteiger partial charge in [-0.1, -0.05) is 13.8 Å². The number of nitrogens with one attached hydrogen (secondary N) is 2. The maximum Gasteiger partial charge on any atom is 0.274 e. The fourth-order valence-corrected chi connectivity index (χ4v) is 1.31. The van der Waals surface area contributed by atoms with Gasteiger partial charge in [-0.2, -0.15) is 5.10 Å². The molecule has 18 heavy (non-hydrogen) atoms. The fourth-order valence-electron chi connectivity index (χ4n) is 1.31. The van der Waals surface area contributed by atoms with Crippen LogP contribution in [0.2, 0.25) is 0 Å². The molecule has 7 nitrogen and oxygen atoms in total. The summed E-state index contributed by atoms with van der Waals surface area (Å²) in [5.74, 6) is -0.310. The maximum absolute atomic E-state index is 11.7. The second-order valence-corrected chi connectivity index (χ2v) is 4.49. The summed E-state index contributed by atoms with van der Waals surface area (Å²) in [7, 11) is 1.67. The molecule has 0 spiro atoms. The number of nitrogens with zero attached hydrogens (tertiary/aromatic N) is 2. The van der Waals surface area contributed by atoms with Crippen LogP contribution in [0.3, 0.4) is 0 Å². The highest BCUT2D eigenvalue weighted by Gasteiger charge is 2.14. The van der Waals surface area contributed by atoms with E-state index in [1.165, 1.54) is 10.9 Å². The lowest BCUT2D eigenvalue weighted by Crippen LogP contribution is -2.38. The van der Waals surface area contributed by atoms with Gasteiger partial charge >= 0.3 is 0 Å². The Bertz CT molecular complexity index is 439. The van der Waals surface area contributed by atoms with E-state index < -0.39 is 5.91 Å². The molecule has 0 bridgehead atoms. The average molecular weight is 253 g/mol. The molecule has 0 aliphatic heterocycles. The fraction of sp³-hybridized carbons (Fsp3) is 0.545. The van der Waals surface area contributed by atoms with E-state index in [2.05, 4.69) is 15.7 Å². The number of amides is 2. The largest absolute Gasteiger partial charge is 0.396 e. The maximum atomic E-state index is 11.7. The Morgan fingerprint density at radius 3 is 2.61 bits per heavy atom. The van der Waals surface area contributed by atoms with E-state index in [1.807, 2.05) is 13.8 Å². The minimum absolute atomic E-state index is 0.0818. The van der Waals surface area contributed by atoms with Crippen molar-refractivity contribution < 1.29 is 9.59 Å². The van der Waals surface area contributed by atoms with Gasteiger partial charge in [-0.3, -0.25) is 14.3 Å². The van der Waals surface area contributed by atoms with Crippen molar-refractivity contribution in [1.82, 2.24) is 20.4 Å². The van der Waals surface area contributed by atoms with Gasteiger partial charge in [0.05, 0.1) is 12.2 Å². The van der Waals surface area contributed by atoms with Gasteiger partial charge in [-0.15, -0.1) is 0 Å². The number of hydrogen-bond acceptors (Lipinski definition) is 4. The molecule has 0 atom stereocenters. The van der Waals surface area contributed by atoms with Crippen LogP contribution in [0, 0.1) is 5.92 Å². The van der Waals surface area contributed by atoms with Crippen molar-refractivity contribution in [3.05, 3.63) is 11.9 Å². The lowest BCUT2D eigenvalue weighted by atomic mass is 10.2. The molecular weight excluding hydrogens is 234 g/mol. The summed E-state index contributed by atoms with van der Waals surface area (Å²) in [4.78, 5) is 23.1. The standard InChI is InChI=1S/C11H19N5O2/c1-7(2)4-13-9(17)5-14-11(18)10-8(12)6-16(3)15-10/h6-7H,4-5,12H2,1-3H3,(H,13,17)(H,14,18). The van der Waals surface area contributed by atoms with Gasteiger partial charge in [0.1, 0.15) is 0 Å². The molecule has 0 saturated heterocycles. The van der Waals surface area contributed by atoms with E-state index in [-0.39, 0.29) is 23.8 Å². The molecule has 0 saturated carbocycles. The van der Waals surface area contributed by atoms with Crippen LogP contribution in [0.1, 0.15) is 24.3 Å². The Morgan fingerprint density at radius 2 is 2.11 bits per heavy atom. The van der Waals surface area contributed by atoms with Crippen LogP contribution in [0.4, 0.5) is 5.69 Å². The number of rotatable bonds is 5. The van der Waals surface area contributed by atoms with E-state index >= 15 is 0 Å². The van der Waals surface area contributed by atoms with Gasteiger partial charge in [0.2, 0.25) is 5.91 Å². The van der Waals surface area contributed by atoms with E-state index in [4.69, 9.17) is 5.73 Å². The van der Waals surface area contributed by atoms with Crippen LogP contribution in [0.25, 0.3) is 0 Å². The predicted molar refractivity (Wildman–Crippen MR) is 67.8 cm³/mol. The summed E-state index contributed by atoms with van der Waals surface area (Å²) in [5.41, 5.74) is 6.03. The summed E-state index contributed by atoms with van der Waals surface area (Å²) in [6.45, 7) is 4.49. The average Bonchev–Trinajstić information content (AvgIpc) is 2.62. The Balaban J connectivity index is 2.42. The number of carbonyl (C=O) groups is 2. The van der Waals surface area contributed by atoms with Gasteiger partial charge in [-0.25, -0.2) is 0 Å². The zero-order valence-electron chi connectivity index (χ0n) is 10.9. The van der Waals surface area contributed by atoms with Crippen molar-refractivity contribution in [3.63, 3.8) is 0 Å². The highest BCUT2D eigenvalue weighted by atomic mass is 16.2. The third-order valence-corrected chi connectivity index (χ3v) is 2.19. The number of carbonyl (C=O) groups excluding carboxylic acids is 2. The van der Waals surface area contributed by atoms with Crippen molar-refractivity contribution >= 4 is 17.5 Å². The summed E-state index contributed by atoms with van der Waals surface area (Å²) in [6.07, 6.45) is 1.54. The summed E-state index contributed by atoms with van der Waals surface area (Å²) in [6, 6.07) is 0. The monoisotopic (exact) mass is 253 g/mol. The van der Waals surface area contributed by atoms with Crippen LogP contribution < -0.4 is 16.4 Å². The first kappa shape index (κ1) is 14.0. The molecule has 4 N–H and O–H groups in total. The van der Waals surface area contributed by atoms with E-state index in [0.29, 0.717) is 12.5 Å². The molecule has 0 aromatic carbocycles. The van der Waals surface area contributed by atoms with Gasteiger partial charge in [-0.05, 0) is 5.92 Å². The van der Waals surface area contributed by atoms with Crippen molar-refractivity contribution in [1.29, 1.82) is 0 Å². The first-order valence-corrected chi connectivity index (χ1v) is 5.74. The quantitative estimate of drug-likeness (QED) is 0.658. The number of aromatic nitrogens is 2. The minimum atomic E-state index is -0.451. The third kappa shape index (κ3) is 4.08.